The average molecular weight is 462 g/mol. The molecule has 0 saturated heterocycles. The van der Waals surface area contributed by atoms with Crippen LogP contribution in [0.5, 0.6) is 5.75 Å². The first-order valence-corrected chi connectivity index (χ1v) is 11.2. The zero-order valence-electron chi connectivity index (χ0n) is 19.0. The fourth-order valence-corrected chi connectivity index (χ4v) is 3.48. The SMILES string of the molecule is CCc1cc(CN(Cc2cc(COc3cccc(CO)c3)on2)C(=O)Cc2ccccc2)on1. The third kappa shape index (κ3) is 6.32. The van der Waals surface area contributed by atoms with E-state index in [1.165, 1.54) is 0 Å². The van der Waals surface area contributed by atoms with Crippen LogP contribution in [0.1, 0.15) is 41.0 Å². The molecule has 0 spiro atoms. The maximum absolute atomic E-state index is 13.1. The quantitative estimate of drug-likeness (QED) is 0.359. The highest BCUT2D eigenvalue weighted by atomic mass is 16.5. The van der Waals surface area contributed by atoms with Crippen molar-refractivity contribution in [2.24, 2.45) is 0 Å². The molecule has 8 nitrogen and oxygen atoms in total. The van der Waals surface area contributed by atoms with Gasteiger partial charge in [0.15, 0.2) is 11.5 Å². The lowest BCUT2D eigenvalue weighted by Crippen LogP contribution is -2.31. The Morgan fingerprint density at radius 3 is 2.41 bits per heavy atom. The van der Waals surface area contributed by atoms with E-state index < -0.39 is 0 Å². The topological polar surface area (TPSA) is 102 Å². The smallest absolute Gasteiger partial charge is 0.227 e. The van der Waals surface area contributed by atoms with Crippen molar-refractivity contribution in [2.75, 3.05) is 0 Å². The van der Waals surface area contributed by atoms with Crippen LogP contribution in [0.4, 0.5) is 0 Å². The molecule has 2 aromatic heterocycles. The number of carbonyl (C=O) groups excluding carboxylic acids is 1. The molecule has 4 aromatic rings. The summed E-state index contributed by atoms with van der Waals surface area (Å²) < 4.78 is 16.6. The molecule has 0 aliphatic carbocycles. The molecule has 0 bridgehead atoms. The van der Waals surface area contributed by atoms with E-state index in [4.69, 9.17) is 13.8 Å². The highest BCUT2D eigenvalue weighted by Gasteiger charge is 2.19. The van der Waals surface area contributed by atoms with Crippen molar-refractivity contribution in [1.82, 2.24) is 15.2 Å². The molecule has 0 aliphatic heterocycles. The van der Waals surface area contributed by atoms with E-state index in [0.717, 1.165) is 23.2 Å². The van der Waals surface area contributed by atoms with Crippen LogP contribution < -0.4 is 4.74 Å². The van der Waals surface area contributed by atoms with Crippen LogP contribution in [0.15, 0.2) is 75.8 Å². The number of aliphatic hydroxyl groups excluding tert-OH is 1. The van der Waals surface area contributed by atoms with E-state index in [2.05, 4.69) is 10.3 Å². The second-order valence-corrected chi connectivity index (χ2v) is 7.93. The van der Waals surface area contributed by atoms with Gasteiger partial charge in [-0.3, -0.25) is 4.79 Å². The number of aromatic nitrogens is 2. The van der Waals surface area contributed by atoms with Crippen molar-refractivity contribution in [3.05, 3.63) is 101 Å². The van der Waals surface area contributed by atoms with Crippen LogP contribution in [0.3, 0.4) is 0 Å². The molecule has 2 aromatic carbocycles. The molecule has 2 heterocycles. The highest BCUT2D eigenvalue weighted by Crippen LogP contribution is 2.18. The molecular weight excluding hydrogens is 434 g/mol. The summed E-state index contributed by atoms with van der Waals surface area (Å²) in [4.78, 5) is 14.8. The van der Waals surface area contributed by atoms with E-state index >= 15 is 0 Å². The third-order valence-electron chi connectivity index (χ3n) is 5.29. The molecule has 0 radical (unpaired) electrons. The van der Waals surface area contributed by atoms with E-state index in [0.29, 0.717) is 23.0 Å². The molecule has 0 aliphatic rings. The Morgan fingerprint density at radius 1 is 0.912 bits per heavy atom. The fourth-order valence-electron chi connectivity index (χ4n) is 3.48. The van der Waals surface area contributed by atoms with Gasteiger partial charge < -0.3 is 23.8 Å². The van der Waals surface area contributed by atoms with Gasteiger partial charge in [-0.1, -0.05) is 59.7 Å². The molecule has 8 heteroatoms. The maximum atomic E-state index is 13.1. The van der Waals surface area contributed by atoms with Gasteiger partial charge in [0.2, 0.25) is 5.91 Å². The summed E-state index contributed by atoms with van der Waals surface area (Å²) in [5, 5.41) is 17.4. The average Bonchev–Trinajstić information content (AvgIpc) is 3.52. The number of nitrogens with zero attached hydrogens (tertiary/aromatic N) is 3. The van der Waals surface area contributed by atoms with Crippen molar-refractivity contribution in [1.29, 1.82) is 0 Å². The predicted molar refractivity (Wildman–Crippen MR) is 123 cm³/mol. The van der Waals surface area contributed by atoms with Gasteiger partial charge >= 0.3 is 0 Å². The molecule has 0 atom stereocenters. The Bertz CT molecular complexity index is 1200. The van der Waals surface area contributed by atoms with Crippen molar-refractivity contribution in [3.8, 4) is 5.75 Å². The second-order valence-electron chi connectivity index (χ2n) is 7.93. The Hall–Kier alpha value is -3.91. The van der Waals surface area contributed by atoms with Gasteiger partial charge in [-0.15, -0.1) is 0 Å². The molecule has 34 heavy (non-hydrogen) atoms. The number of ether oxygens (including phenoxy) is 1. The largest absolute Gasteiger partial charge is 0.486 e. The summed E-state index contributed by atoms with van der Waals surface area (Å²) in [7, 11) is 0. The number of hydrogen-bond acceptors (Lipinski definition) is 7. The number of aliphatic hydroxyl groups is 1. The van der Waals surface area contributed by atoms with Crippen LogP contribution >= 0.6 is 0 Å². The first-order valence-electron chi connectivity index (χ1n) is 11.2. The Balaban J connectivity index is 1.43. The highest BCUT2D eigenvalue weighted by molar-refractivity contribution is 5.78. The van der Waals surface area contributed by atoms with Crippen LogP contribution in [-0.4, -0.2) is 26.2 Å². The van der Waals surface area contributed by atoms with Crippen LogP contribution in [0.25, 0.3) is 0 Å². The molecule has 1 N–H and O–H groups in total. The first-order chi connectivity index (χ1) is 16.6. The Morgan fingerprint density at radius 2 is 1.65 bits per heavy atom. The predicted octanol–water partition coefficient (Wildman–Crippen LogP) is 4.07. The van der Waals surface area contributed by atoms with Crippen molar-refractivity contribution in [2.45, 2.75) is 46.1 Å². The Kier molecular flexibility index (Phi) is 7.72. The zero-order valence-corrected chi connectivity index (χ0v) is 19.0. The van der Waals surface area contributed by atoms with Crippen LogP contribution in [-0.2, 0) is 43.9 Å². The van der Waals surface area contributed by atoms with Crippen molar-refractivity contribution in [3.63, 3.8) is 0 Å². The summed E-state index contributed by atoms with van der Waals surface area (Å²) in [5.74, 6) is 1.73. The van der Waals surface area contributed by atoms with Gasteiger partial charge in [0.05, 0.1) is 31.8 Å². The minimum atomic E-state index is -0.0541. The standard InChI is InChI=1S/C26H27N3O5/c1-2-21-13-24(33-27-21)16-29(26(31)12-19-7-4-3-5-8-19)15-22-14-25(34-28-22)18-32-23-10-6-9-20(11-23)17-30/h3-11,13-14,30H,2,12,15-18H2,1H3. The van der Waals surface area contributed by atoms with Gasteiger partial charge in [0, 0.05) is 12.1 Å². The van der Waals surface area contributed by atoms with Crippen molar-refractivity contribution < 1.29 is 23.7 Å². The van der Waals surface area contributed by atoms with E-state index in [1.807, 2.05) is 61.5 Å². The summed E-state index contributed by atoms with van der Waals surface area (Å²) in [6.07, 6.45) is 1.03. The van der Waals surface area contributed by atoms with Gasteiger partial charge in [0.1, 0.15) is 18.1 Å². The lowest BCUT2D eigenvalue weighted by Gasteiger charge is -2.20. The Labute approximate surface area is 197 Å². The molecule has 0 unspecified atom stereocenters. The number of hydrogen-bond donors (Lipinski definition) is 1. The van der Waals surface area contributed by atoms with Gasteiger partial charge in [-0.2, -0.15) is 0 Å². The minimum Gasteiger partial charge on any atom is -0.486 e. The van der Waals surface area contributed by atoms with E-state index in [9.17, 15) is 9.90 Å². The number of rotatable bonds is 11. The first kappa shape index (κ1) is 23.3. The summed E-state index contributed by atoms with van der Waals surface area (Å²) >= 11 is 0. The van der Waals surface area contributed by atoms with Gasteiger partial charge in [-0.05, 0) is 29.7 Å². The third-order valence-corrected chi connectivity index (χ3v) is 5.29. The summed E-state index contributed by atoms with van der Waals surface area (Å²) in [6, 6.07) is 20.5. The van der Waals surface area contributed by atoms with Crippen molar-refractivity contribution >= 4 is 5.91 Å². The van der Waals surface area contributed by atoms with E-state index in [-0.39, 0.29) is 38.6 Å². The number of benzene rings is 2. The van der Waals surface area contributed by atoms with Gasteiger partial charge in [-0.25, -0.2) is 0 Å². The monoisotopic (exact) mass is 461 g/mol. The molecule has 4 rings (SSSR count). The van der Waals surface area contributed by atoms with Crippen LogP contribution in [0.2, 0.25) is 0 Å². The minimum absolute atomic E-state index is 0.0535. The lowest BCUT2D eigenvalue weighted by atomic mass is 10.1. The molecule has 0 fully saturated rings. The molecule has 0 saturated carbocycles. The number of carbonyl (C=O) groups is 1. The normalized spacial score (nSPS) is 10.9. The van der Waals surface area contributed by atoms with Crippen LogP contribution in [0, 0.1) is 0 Å². The molecule has 1 amide bonds. The number of aryl methyl sites for hydroxylation is 1. The van der Waals surface area contributed by atoms with Gasteiger partial charge in [0.25, 0.3) is 0 Å². The lowest BCUT2D eigenvalue weighted by molar-refractivity contribution is -0.132. The van der Waals surface area contributed by atoms with E-state index in [1.54, 1.807) is 17.0 Å². The summed E-state index contributed by atoms with van der Waals surface area (Å²) in [5.41, 5.74) is 3.15. The second kappa shape index (κ2) is 11.3. The molecule has 176 valence electrons. The zero-order chi connectivity index (χ0) is 23.8. The fraction of sp³-hybridized carbons (Fsp3) is 0.269. The summed E-state index contributed by atoms with van der Waals surface area (Å²) in [6.45, 7) is 2.67. The molecular formula is C26H27N3O5. The number of amides is 1. The maximum Gasteiger partial charge on any atom is 0.227 e.